The highest BCUT2D eigenvalue weighted by Gasteiger charge is 2.24. The molecule has 0 aromatic heterocycles. The van der Waals surface area contributed by atoms with Crippen LogP contribution in [0.25, 0.3) is 0 Å². The number of likely N-dealkylation sites (N-methyl/N-ethyl adjacent to an activating group) is 1. The number of piperazine rings is 1. The number of anilines is 2. The molecule has 26 heavy (non-hydrogen) atoms. The van der Waals surface area contributed by atoms with E-state index >= 15 is 0 Å². The molecule has 7 heteroatoms. The van der Waals surface area contributed by atoms with Gasteiger partial charge in [0.25, 0.3) is 0 Å². The number of carbonyl (C=O) groups is 2. The van der Waals surface area contributed by atoms with Crippen molar-refractivity contribution in [2.45, 2.75) is 26.8 Å². The van der Waals surface area contributed by atoms with Gasteiger partial charge in [-0.25, -0.2) is 9.59 Å². The van der Waals surface area contributed by atoms with E-state index in [4.69, 9.17) is 4.74 Å². The zero-order valence-corrected chi connectivity index (χ0v) is 16.1. The molecule has 0 saturated carbocycles. The van der Waals surface area contributed by atoms with E-state index in [0.29, 0.717) is 5.69 Å². The lowest BCUT2D eigenvalue weighted by Gasteiger charge is -2.35. The summed E-state index contributed by atoms with van der Waals surface area (Å²) in [6.07, 6.45) is 0. The van der Waals surface area contributed by atoms with Gasteiger partial charge in [0.1, 0.15) is 6.04 Å². The minimum absolute atomic E-state index is 0.0580. The van der Waals surface area contributed by atoms with E-state index in [2.05, 4.69) is 27.4 Å². The summed E-state index contributed by atoms with van der Waals surface area (Å²) < 4.78 is 4.73. The first kappa shape index (κ1) is 20.0. The van der Waals surface area contributed by atoms with Crippen LogP contribution in [-0.4, -0.2) is 62.8 Å². The van der Waals surface area contributed by atoms with Gasteiger partial charge < -0.3 is 25.2 Å². The zero-order chi connectivity index (χ0) is 19.1. The van der Waals surface area contributed by atoms with Crippen LogP contribution < -0.4 is 15.5 Å². The van der Waals surface area contributed by atoms with E-state index in [1.807, 2.05) is 38.1 Å². The number of nitrogens with zero attached hydrogens (tertiary/aromatic N) is 2. The zero-order valence-electron chi connectivity index (χ0n) is 16.1. The fraction of sp³-hybridized carbons (Fsp3) is 0.579. The lowest BCUT2D eigenvalue weighted by Crippen LogP contribution is -2.46. The van der Waals surface area contributed by atoms with E-state index in [0.717, 1.165) is 38.4 Å². The molecule has 144 valence electrons. The van der Waals surface area contributed by atoms with Crippen LogP contribution in [0.15, 0.2) is 24.3 Å². The number of esters is 1. The summed E-state index contributed by atoms with van der Waals surface area (Å²) in [5, 5.41) is 5.43. The van der Waals surface area contributed by atoms with E-state index in [1.165, 1.54) is 7.11 Å². The Labute approximate surface area is 155 Å². The molecule has 0 bridgehead atoms. The third-order valence-electron chi connectivity index (χ3n) is 4.72. The van der Waals surface area contributed by atoms with Crippen molar-refractivity contribution in [2.75, 3.05) is 50.1 Å². The molecule has 1 aromatic carbocycles. The second-order valence-corrected chi connectivity index (χ2v) is 6.81. The van der Waals surface area contributed by atoms with Crippen molar-refractivity contribution in [1.82, 2.24) is 10.2 Å². The van der Waals surface area contributed by atoms with Crippen molar-refractivity contribution < 1.29 is 14.3 Å². The molecule has 1 saturated heterocycles. The number of amides is 2. The number of urea groups is 1. The third-order valence-corrected chi connectivity index (χ3v) is 4.72. The highest BCUT2D eigenvalue weighted by molar-refractivity contribution is 5.92. The summed E-state index contributed by atoms with van der Waals surface area (Å²) >= 11 is 0. The summed E-state index contributed by atoms with van der Waals surface area (Å²) in [6.45, 7) is 11.2. The molecule has 1 aromatic rings. The number of hydrogen-bond acceptors (Lipinski definition) is 5. The Bertz CT molecular complexity index is 595. The SMILES string of the molecule is CCN1CCN(c2ccc(NC(=O)NC(C(=O)OC)C(C)C)cc2)CC1. The Morgan fingerprint density at radius 2 is 1.73 bits per heavy atom. The maximum absolute atomic E-state index is 12.2. The molecule has 1 fully saturated rings. The standard InChI is InChI=1S/C19H30N4O3/c1-5-22-10-12-23(13-11-22)16-8-6-15(7-9-16)20-19(25)21-17(14(2)3)18(24)26-4/h6-9,14,17H,5,10-13H2,1-4H3,(H2,20,21,25). The number of hydrogen-bond donors (Lipinski definition) is 2. The third kappa shape index (κ3) is 5.36. The predicted octanol–water partition coefficient (Wildman–Crippen LogP) is 2.15. The van der Waals surface area contributed by atoms with Crippen molar-refractivity contribution in [3.05, 3.63) is 24.3 Å². The number of nitrogens with one attached hydrogen (secondary N) is 2. The largest absolute Gasteiger partial charge is 0.467 e. The summed E-state index contributed by atoms with van der Waals surface area (Å²) in [5.41, 5.74) is 1.84. The van der Waals surface area contributed by atoms with Crippen molar-refractivity contribution in [1.29, 1.82) is 0 Å². The van der Waals surface area contributed by atoms with Gasteiger partial charge in [-0.15, -0.1) is 0 Å². The minimum Gasteiger partial charge on any atom is -0.467 e. The van der Waals surface area contributed by atoms with E-state index < -0.39 is 18.0 Å². The molecule has 2 amide bonds. The molecule has 0 spiro atoms. The van der Waals surface area contributed by atoms with Gasteiger partial charge in [-0.2, -0.15) is 0 Å². The monoisotopic (exact) mass is 362 g/mol. The fourth-order valence-corrected chi connectivity index (χ4v) is 3.01. The minimum atomic E-state index is -0.672. The van der Waals surface area contributed by atoms with Crippen molar-refractivity contribution in [2.24, 2.45) is 5.92 Å². The molecule has 1 atom stereocenters. The first-order valence-corrected chi connectivity index (χ1v) is 9.17. The van der Waals surface area contributed by atoms with Crippen LogP contribution in [0.3, 0.4) is 0 Å². The number of carbonyl (C=O) groups excluding carboxylic acids is 2. The Morgan fingerprint density at radius 1 is 1.12 bits per heavy atom. The molecule has 2 rings (SSSR count). The second kappa shape index (κ2) is 9.43. The van der Waals surface area contributed by atoms with E-state index in [-0.39, 0.29) is 5.92 Å². The summed E-state index contributed by atoms with van der Waals surface area (Å²) in [7, 11) is 1.32. The van der Waals surface area contributed by atoms with Gasteiger partial charge >= 0.3 is 12.0 Å². The van der Waals surface area contributed by atoms with Gasteiger partial charge in [0.05, 0.1) is 7.11 Å². The molecule has 2 N–H and O–H groups in total. The Kier molecular flexibility index (Phi) is 7.26. The average molecular weight is 362 g/mol. The van der Waals surface area contributed by atoms with E-state index in [1.54, 1.807) is 0 Å². The van der Waals surface area contributed by atoms with Gasteiger partial charge in [0.15, 0.2) is 0 Å². The maximum Gasteiger partial charge on any atom is 0.328 e. The average Bonchev–Trinajstić information content (AvgIpc) is 2.66. The summed E-state index contributed by atoms with van der Waals surface area (Å²) in [6, 6.07) is 6.69. The van der Waals surface area contributed by atoms with Gasteiger partial charge in [-0.1, -0.05) is 20.8 Å². The summed E-state index contributed by atoms with van der Waals surface area (Å²) in [5.74, 6) is -0.505. The Hall–Kier alpha value is -2.28. The number of ether oxygens (including phenoxy) is 1. The molecule has 1 unspecified atom stereocenters. The van der Waals surface area contributed by atoms with Crippen LogP contribution in [0.5, 0.6) is 0 Å². The highest BCUT2D eigenvalue weighted by Crippen LogP contribution is 2.19. The van der Waals surface area contributed by atoms with Crippen molar-refractivity contribution in [3.8, 4) is 0 Å². The predicted molar refractivity (Wildman–Crippen MR) is 104 cm³/mol. The quantitative estimate of drug-likeness (QED) is 0.759. The number of methoxy groups -OCH3 is 1. The topological polar surface area (TPSA) is 73.9 Å². The smallest absolute Gasteiger partial charge is 0.328 e. The lowest BCUT2D eigenvalue weighted by molar-refractivity contribution is -0.143. The van der Waals surface area contributed by atoms with Crippen LogP contribution in [0, 0.1) is 5.92 Å². The van der Waals surface area contributed by atoms with Gasteiger partial charge in [0, 0.05) is 37.6 Å². The van der Waals surface area contributed by atoms with Crippen LogP contribution in [0.1, 0.15) is 20.8 Å². The normalized spacial score (nSPS) is 16.3. The Morgan fingerprint density at radius 3 is 2.23 bits per heavy atom. The van der Waals surface area contributed by atoms with Crippen molar-refractivity contribution >= 4 is 23.4 Å². The molecule has 1 aliphatic heterocycles. The molecular formula is C19H30N4O3. The molecule has 1 heterocycles. The lowest BCUT2D eigenvalue weighted by atomic mass is 10.1. The number of benzene rings is 1. The van der Waals surface area contributed by atoms with Crippen LogP contribution in [0.2, 0.25) is 0 Å². The molecule has 0 aliphatic carbocycles. The highest BCUT2D eigenvalue weighted by atomic mass is 16.5. The molecule has 1 aliphatic rings. The van der Waals surface area contributed by atoms with Crippen LogP contribution >= 0.6 is 0 Å². The van der Waals surface area contributed by atoms with Gasteiger partial charge in [-0.3, -0.25) is 0 Å². The van der Waals surface area contributed by atoms with Gasteiger partial charge in [-0.05, 0) is 36.7 Å². The van der Waals surface area contributed by atoms with Crippen LogP contribution in [0.4, 0.5) is 16.2 Å². The summed E-state index contributed by atoms with van der Waals surface area (Å²) in [4.78, 5) is 28.7. The second-order valence-electron chi connectivity index (χ2n) is 6.81. The van der Waals surface area contributed by atoms with Crippen molar-refractivity contribution in [3.63, 3.8) is 0 Å². The Balaban J connectivity index is 1.90. The molecule has 7 nitrogen and oxygen atoms in total. The molecule has 0 radical (unpaired) electrons. The van der Waals surface area contributed by atoms with E-state index in [9.17, 15) is 9.59 Å². The first-order chi connectivity index (χ1) is 12.4. The fourth-order valence-electron chi connectivity index (χ4n) is 3.01. The van der Waals surface area contributed by atoms with Gasteiger partial charge in [0.2, 0.25) is 0 Å². The maximum atomic E-state index is 12.2. The molecular weight excluding hydrogens is 332 g/mol. The first-order valence-electron chi connectivity index (χ1n) is 9.17. The number of rotatable bonds is 6. The van der Waals surface area contributed by atoms with Crippen LogP contribution in [-0.2, 0) is 9.53 Å².